The van der Waals surface area contributed by atoms with Crippen molar-refractivity contribution in [2.45, 2.75) is 45.6 Å². The first-order chi connectivity index (χ1) is 7.97. The monoisotopic (exact) mass is 231 g/mol. The van der Waals surface area contributed by atoms with Crippen LogP contribution in [-0.2, 0) is 16.0 Å². The maximum Gasteiger partial charge on any atom is 0.318 e. The molecule has 0 saturated heterocycles. The van der Waals surface area contributed by atoms with E-state index in [0.717, 1.165) is 30.7 Å². The summed E-state index contributed by atoms with van der Waals surface area (Å²) >= 11 is 0. The molecule has 0 aromatic heterocycles. The molecule has 1 aliphatic carbocycles. The lowest BCUT2D eigenvalue weighted by atomic mass is 9.83. The number of hydrogen-bond acceptors (Lipinski definition) is 2. The van der Waals surface area contributed by atoms with Gasteiger partial charge in [-0.3, -0.25) is 4.79 Å². The minimum Gasteiger partial charge on any atom is -0.459 e. The summed E-state index contributed by atoms with van der Waals surface area (Å²) in [5.41, 5.74) is 1.92. The van der Waals surface area contributed by atoms with E-state index < -0.39 is 5.60 Å². The second kappa shape index (κ2) is 4.52. The molecule has 0 N–H and O–H groups in total. The highest BCUT2D eigenvalue weighted by molar-refractivity contribution is 5.90. The Morgan fingerprint density at radius 3 is 2.59 bits per heavy atom. The zero-order chi connectivity index (χ0) is 12.5. The standard InChI is InChI=1S/C15H19O2/c1-15(2,3)17-14(16)13-10-6-8-11-7-4-5-9-12(11)13/h4-5,7,9H,6,8,10H2,1-3H3. The van der Waals surface area contributed by atoms with Crippen LogP contribution in [0.15, 0.2) is 24.3 Å². The average Bonchev–Trinajstić information content (AvgIpc) is 2.26. The van der Waals surface area contributed by atoms with Crippen LogP contribution in [0.4, 0.5) is 0 Å². The first-order valence-electron chi connectivity index (χ1n) is 6.15. The van der Waals surface area contributed by atoms with Crippen molar-refractivity contribution in [2.75, 3.05) is 0 Å². The Kier molecular flexibility index (Phi) is 3.23. The molecule has 0 fully saturated rings. The summed E-state index contributed by atoms with van der Waals surface area (Å²) in [6, 6.07) is 8.12. The lowest BCUT2D eigenvalue weighted by Gasteiger charge is -2.27. The summed E-state index contributed by atoms with van der Waals surface area (Å²) in [6.45, 7) is 5.71. The molecule has 0 bridgehead atoms. The fraction of sp³-hybridized carbons (Fsp3) is 0.467. The summed E-state index contributed by atoms with van der Waals surface area (Å²) in [5, 5.41) is 0. The van der Waals surface area contributed by atoms with Gasteiger partial charge in [-0.15, -0.1) is 0 Å². The second-order valence-electron chi connectivity index (χ2n) is 5.49. The van der Waals surface area contributed by atoms with Crippen LogP contribution >= 0.6 is 0 Å². The third kappa shape index (κ3) is 2.87. The molecule has 0 spiro atoms. The van der Waals surface area contributed by atoms with Crippen molar-refractivity contribution in [3.05, 3.63) is 41.3 Å². The topological polar surface area (TPSA) is 26.3 Å². The molecule has 2 rings (SSSR count). The van der Waals surface area contributed by atoms with Crippen molar-refractivity contribution in [1.29, 1.82) is 0 Å². The maximum atomic E-state index is 12.1. The molecule has 0 heterocycles. The van der Waals surface area contributed by atoms with Gasteiger partial charge in [0.1, 0.15) is 11.5 Å². The number of rotatable bonds is 1. The zero-order valence-electron chi connectivity index (χ0n) is 10.7. The van der Waals surface area contributed by atoms with E-state index in [1.165, 1.54) is 5.56 Å². The highest BCUT2D eigenvalue weighted by atomic mass is 16.6. The van der Waals surface area contributed by atoms with Gasteiger partial charge < -0.3 is 4.74 Å². The molecule has 0 saturated carbocycles. The Balaban J connectivity index is 2.21. The van der Waals surface area contributed by atoms with Crippen molar-refractivity contribution >= 4 is 5.97 Å². The van der Waals surface area contributed by atoms with Gasteiger partial charge >= 0.3 is 5.97 Å². The van der Waals surface area contributed by atoms with Crippen LogP contribution in [0.5, 0.6) is 0 Å². The van der Waals surface area contributed by atoms with Gasteiger partial charge in [-0.25, -0.2) is 0 Å². The zero-order valence-corrected chi connectivity index (χ0v) is 10.7. The van der Waals surface area contributed by atoms with E-state index >= 15 is 0 Å². The van der Waals surface area contributed by atoms with Crippen LogP contribution in [0.2, 0.25) is 0 Å². The third-order valence-electron chi connectivity index (χ3n) is 2.86. The maximum absolute atomic E-state index is 12.1. The van der Waals surface area contributed by atoms with Crippen LogP contribution in [0.3, 0.4) is 0 Å². The van der Waals surface area contributed by atoms with Gasteiger partial charge in [-0.05, 0) is 51.2 Å². The largest absolute Gasteiger partial charge is 0.459 e. The van der Waals surface area contributed by atoms with Gasteiger partial charge in [0.2, 0.25) is 0 Å². The average molecular weight is 231 g/mol. The number of hydrogen-bond donors (Lipinski definition) is 0. The number of aryl methyl sites for hydroxylation is 1. The Labute approximate surface area is 103 Å². The van der Waals surface area contributed by atoms with E-state index in [9.17, 15) is 4.79 Å². The predicted molar refractivity (Wildman–Crippen MR) is 67.6 cm³/mol. The Morgan fingerprint density at radius 2 is 1.88 bits per heavy atom. The van der Waals surface area contributed by atoms with E-state index in [-0.39, 0.29) is 5.97 Å². The number of carbonyl (C=O) groups is 1. The van der Waals surface area contributed by atoms with Crippen LogP contribution in [0.25, 0.3) is 0 Å². The van der Waals surface area contributed by atoms with E-state index in [2.05, 4.69) is 6.07 Å². The SMILES string of the molecule is CC(C)(C)OC(=O)[C]1CCCc2ccccc21. The summed E-state index contributed by atoms with van der Waals surface area (Å²) in [6.07, 6.45) is 2.92. The number of carbonyl (C=O) groups excluding carboxylic acids is 1. The van der Waals surface area contributed by atoms with E-state index in [4.69, 9.17) is 4.74 Å². The number of fused-ring (bicyclic) bond motifs is 1. The molecule has 0 amide bonds. The highest BCUT2D eigenvalue weighted by Crippen LogP contribution is 2.32. The molecule has 1 aromatic carbocycles. The number of benzene rings is 1. The van der Waals surface area contributed by atoms with Gasteiger partial charge in [0.05, 0.1) is 0 Å². The molecule has 17 heavy (non-hydrogen) atoms. The Hall–Kier alpha value is -1.31. The smallest absolute Gasteiger partial charge is 0.318 e. The summed E-state index contributed by atoms with van der Waals surface area (Å²) in [4.78, 5) is 12.1. The van der Waals surface area contributed by atoms with E-state index in [1.54, 1.807) is 0 Å². The molecule has 1 aromatic rings. The first-order valence-corrected chi connectivity index (χ1v) is 6.15. The molecule has 91 valence electrons. The van der Waals surface area contributed by atoms with Crippen molar-refractivity contribution in [1.82, 2.24) is 0 Å². The molecular weight excluding hydrogens is 212 g/mol. The summed E-state index contributed by atoms with van der Waals surface area (Å²) in [5.74, 6) is 0.673. The van der Waals surface area contributed by atoms with Crippen LogP contribution in [-0.4, -0.2) is 11.6 Å². The molecule has 1 aliphatic rings. The number of esters is 1. The van der Waals surface area contributed by atoms with Gasteiger partial charge in [-0.1, -0.05) is 24.3 Å². The van der Waals surface area contributed by atoms with Gasteiger partial charge in [0.25, 0.3) is 0 Å². The lowest BCUT2D eigenvalue weighted by molar-refractivity contribution is -0.152. The van der Waals surface area contributed by atoms with Crippen molar-refractivity contribution in [3.63, 3.8) is 0 Å². The van der Waals surface area contributed by atoms with E-state index in [0.29, 0.717) is 0 Å². The van der Waals surface area contributed by atoms with Gasteiger partial charge in [0, 0.05) is 0 Å². The minimum absolute atomic E-state index is 0.162. The van der Waals surface area contributed by atoms with Crippen molar-refractivity contribution in [2.24, 2.45) is 0 Å². The van der Waals surface area contributed by atoms with Gasteiger partial charge in [-0.2, -0.15) is 0 Å². The molecule has 0 atom stereocenters. The molecule has 2 heteroatoms. The number of ether oxygens (including phenoxy) is 1. The van der Waals surface area contributed by atoms with Crippen molar-refractivity contribution in [3.8, 4) is 0 Å². The van der Waals surface area contributed by atoms with Crippen LogP contribution < -0.4 is 0 Å². The fourth-order valence-corrected chi connectivity index (χ4v) is 2.17. The Morgan fingerprint density at radius 1 is 1.18 bits per heavy atom. The van der Waals surface area contributed by atoms with Crippen molar-refractivity contribution < 1.29 is 9.53 Å². The van der Waals surface area contributed by atoms with Crippen LogP contribution in [0.1, 0.15) is 44.7 Å². The first kappa shape index (κ1) is 12.2. The predicted octanol–water partition coefficient (Wildman–Crippen LogP) is 3.29. The van der Waals surface area contributed by atoms with E-state index in [1.807, 2.05) is 39.0 Å². The summed E-state index contributed by atoms with van der Waals surface area (Å²) in [7, 11) is 0. The fourth-order valence-electron chi connectivity index (χ4n) is 2.17. The Bertz CT molecular complexity index is 415. The highest BCUT2D eigenvalue weighted by Gasteiger charge is 2.30. The third-order valence-corrected chi connectivity index (χ3v) is 2.86. The molecule has 2 nitrogen and oxygen atoms in total. The molecule has 0 aliphatic heterocycles. The second-order valence-corrected chi connectivity index (χ2v) is 5.49. The minimum atomic E-state index is -0.420. The molecule has 0 unspecified atom stereocenters. The normalized spacial score (nSPS) is 16.4. The molecule has 1 radical (unpaired) electrons. The van der Waals surface area contributed by atoms with Gasteiger partial charge in [0.15, 0.2) is 0 Å². The lowest BCUT2D eigenvalue weighted by Crippen LogP contribution is -2.29. The van der Waals surface area contributed by atoms with Crippen LogP contribution in [0, 0.1) is 5.92 Å². The summed E-state index contributed by atoms with van der Waals surface area (Å²) < 4.78 is 5.46. The molecular formula is C15H19O2. The quantitative estimate of drug-likeness (QED) is 0.693.